The van der Waals surface area contributed by atoms with Crippen LogP contribution in [0.2, 0.25) is 0 Å². The van der Waals surface area contributed by atoms with Crippen molar-refractivity contribution in [1.29, 1.82) is 0 Å². The van der Waals surface area contributed by atoms with Crippen LogP contribution in [0.5, 0.6) is 0 Å². The minimum Gasteiger partial charge on any atom is -0.392 e. The molecule has 0 spiro atoms. The summed E-state index contributed by atoms with van der Waals surface area (Å²) in [6.45, 7) is 2.00. The summed E-state index contributed by atoms with van der Waals surface area (Å²) >= 11 is 1.52. The summed E-state index contributed by atoms with van der Waals surface area (Å²) in [5, 5.41) is 20.3. The number of carbonyl (C=O) groups excluding carboxylic acids is 1. The number of sulfonamides is 1. The third-order valence-electron chi connectivity index (χ3n) is 9.69. The number of thioether (sulfide) groups is 1. The van der Waals surface area contributed by atoms with Crippen LogP contribution in [-0.2, 0) is 43.9 Å². The van der Waals surface area contributed by atoms with E-state index < -0.39 is 28.3 Å². The van der Waals surface area contributed by atoms with Crippen LogP contribution >= 0.6 is 11.8 Å². The van der Waals surface area contributed by atoms with E-state index in [1.54, 1.807) is 12.1 Å². The summed E-state index contributed by atoms with van der Waals surface area (Å²) in [5.74, 6) is -0.0341. The number of hydrogen-bond donors (Lipinski definition) is 4. The number of aromatic nitrogens is 3. The minimum absolute atomic E-state index is 0.0559. The molecule has 1 unspecified atom stereocenters. The van der Waals surface area contributed by atoms with Gasteiger partial charge in [-0.05, 0) is 53.3 Å². The third-order valence-corrected chi connectivity index (χ3v) is 12.1. The number of rotatable bonds is 15. The number of nitrogens with one attached hydrogen (secondary N) is 3. The normalized spacial score (nSPS) is 19.0. The van der Waals surface area contributed by atoms with Gasteiger partial charge in [-0.25, -0.2) is 13.4 Å². The first-order valence-corrected chi connectivity index (χ1v) is 20.8. The maximum absolute atomic E-state index is 13.6. The van der Waals surface area contributed by atoms with Crippen molar-refractivity contribution < 1.29 is 27.8 Å². The van der Waals surface area contributed by atoms with Gasteiger partial charge in [0.2, 0.25) is 15.9 Å². The number of aromatic amines is 1. The van der Waals surface area contributed by atoms with Gasteiger partial charge in [0.1, 0.15) is 12.4 Å². The first-order valence-electron chi connectivity index (χ1n) is 18.3. The highest BCUT2D eigenvalue weighted by Crippen LogP contribution is 2.47. The van der Waals surface area contributed by atoms with Gasteiger partial charge in [0.25, 0.3) is 0 Å². The van der Waals surface area contributed by atoms with Gasteiger partial charge in [-0.3, -0.25) is 9.89 Å². The van der Waals surface area contributed by atoms with Gasteiger partial charge in [0.15, 0.2) is 11.4 Å². The Labute approximate surface area is 331 Å². The van der Waals surface area contributed by atoms with Crippen LogP contribution in [-0.4, -0.2) is 52.5 Å². The van der Waals surface area contributed by atoms with Crippen molar-refractivity contribution in [1.82, 2.24) is 25.2 Å². The quantitative estimate of drug-likeness (QED) is 0.0849. The van der Waals surface area contributed by atoms with Crippen LogP contribution in [0.3, 0.4) is 0 Å². The number of aliphatic hydroxyl groups is 1. The maximum atomic E-state index is 13.6. The fourth-order valence-electron chi connectivity index (χ4n) is 6.69. The maximum Gasteiger partial charge on any atom is 0.241 e. The lowest BCUT2D eigenvalue weighted by molar-refractivity contribution is -0.255. The number of H-pyrrole nitrogens is 1. The molecule has 6 aromatic rings. The Morgan fingerprint density at radius 3 is 2.12 bits per heavy atom. The molecule has 2 heterocycles. The van der Waals surface area contributed by atoms with Gasteiger partial charge in [-0.2, -0.15) is 9.82 Å². The number of hydrogen-bond acceptors (Lipinski definition) is 9. The van der Waals surface area contributed by atoms with Gasteiger partial charge in [-0.15, -0.1) is 0 Å². The van der Waals surface area contributed by atoms with Crippen LogP contribution in [0.1, 0.15) is 57.3 Å². The highest BCUT2D eigenvalue weighted by Gasteiger charge is 2.42. The van der Waals surface area contributed by atoms with Gasteiger partial charge in [0, 0.05) is 23.8 Å². The zero-order valence-electron chi connectivity index (χ0n) is 30.7. The number of ether oxygens (including phenoxy) is 2. The molecule has 0 radical (unpaired) electrons. The summed E-state index contributed by atoms with van der Waals surface area (Å²) in [6.07, 6.45) is 0.267. The Bertz CT molecular complexity index is 2260. The molecule has 0 bridgehead atoms. The molecule has 5 aromatic carbocycles. The lowest BCUT2D eigenvalue weighted by Gasteiger charge is -2.43. The molecular formula is C43H43N5O6S2. The van der Waals surface area contributed by atoms with Crippen LogP contribution in [0.15, 0.2) is 150 Å². The van der Waals surface area contributed by atoms with Crippen LogP contribution in [0, 0.1) is 6.92 Å². The van der Waals surface area contributed by atoms with Gasteiger partial charge >= 0.3 is 0 Å². The number of amides is 1. The summed E-state index contributed by atoms with van der Waals surface area (Å²) in [5.41, 5.74) is 6.21. The molecule has 288 valence electrons. The number of aliphatic hydroxyl groups excluding tert-OH is 1. The Balaban J connectivity index is 1.09. The van der Waals surface area contributed by atoms with E-state index >= 15 is 0 Å². The van der Waals surface area contributed by atoms with Crippen molar-refractivity contribution in [3.05, 3.63) is 179 Å². The molecule has 0 aliphatic carbocycles. The van der Waals surface area contributed by atoms with Crippen LogP contribution < -0.4 is 10.0 Å². The van der Waals surface area contributed by atoms with Crippen molar-refractivity contribution in [3.8, 4) is 0 Å². The van der Waals surface area contributed by atoms with E-state index in [0.717, 1.165) is 38.9 Å². The first kappa shape index (κ1) is 39.1. The van der Waals surface area contributed by atoms with Crippen LogP contribution in [0.25, 0.3) is 0 Å². The molecule has 7 rings (SSSR count). The predicted molar refractivity (Wildman–Crippen MR) is 214 cm³/mol. The summed E-state index contributed by atoms with van der Waals surface area (Å²) < 4.78 is 42.9. The van der Waals surface area contributed by atoms with Gasteiger partial charge in [0.05, 0.1) is 23.7 Å². The number of aryl methyl sites for hydroxylation is 1. The number of benzene rings is 5. The molecule has 1 aliphatic rings. The van der Waals surface area contributed by atoms with Gasteiger partial charge in [-0.1, -0.05) is 139 Å². The van der Waals surface area contributed by atoms with Gasteiger partial charge < -0.3 is 19.9 Å². The topological polar surface area (TPSA) is 156 Å². The van der Waals surface area contributed by atoms with Crippen molar-refractivity contribution in [2.45, 2.75) is 67.0 Å². The minimum atomic E-state index is -3.97. The lowest BCUT2D eigenvalue weighted by atomic mass is 9.84. The average Bonchev–Trinajstić information content (AvgIpc) is 3.76. The molecule has 13 heteroatoms. The highest BCUT2D eigenvalue weighted by atomic mass is 32.2. The fourth-order valence-corrected chi connectivity index (χ4v) is 8.73. The average molecular weight is 790 g/mol. The fraction of sp³-hybridized carbons (Fsp3) is 0.233. The third kappa shape index (κ3) is 9.80. The summed E-state index contributed by atoms with van der Waals surface area (Å²) in [7, 11) is -3.97. The molecule has 1 aromatic heterocycles. The van der Waals surface area contributed by atoms with E-state index in [4.69, 9.17) is 9.47 Å². The van der Waals surface area contributed by atoms with Crippen molar-refractivity contribution in [2.24, 2.45) is 0 Å². The number of carbonyl (C=O) groups is 1. The van der Waals surface area contributed by atoms with E-state index in [1.807, 2.05) is 104 Å². The van der Waals surface area contributed by atoms with Crippen molar-refractivity contribution >= 4 is 27.7 Å². The second kappa shape index (κ2) is 18.2. The van der Waals surface area contributed by atoms with Crippen molar-refractivity contribution in [2.75, 3.05) is 5.75 Å². The smallest absolute Gasteiger partial charge is 0.241 e. The summed E-state index contributed by atoms with van der Waals surface area (Å²) in [4.78, 5) is 18.0. The Kier molecular flexibility index (Phi) is 12.7. The standard InChI is InChI=1S/C43H43N5O6S2/c1-29-12-22-36(23-13-29)56(51,52)48-37(24-30-8-4-2-5-9-30)41(50)44-25-31-14-20-35(21-15-31)42-53-38(27-55-43-45-28-46-47-43)39(33-10-6-3-7-11-33)40(54-42)34-18-16-32(26-49)17-19-34/h2-23,28,37-40,42,48-49H,24-27H2,1H3,(H,44,50)(H,45,46,47)/t37-,38-,39-,40+,42?/m1/s1. The van der Waals surface area contributed by atoms with E-state index in [0.29, 0.717) is 10.9 Å². The molecule has 11 nitrogen and oxygen atoms in total. The number of nitrogens with zero attached hydrogens (tertiary/aromatic N) is 2. The molecule has 4 N–H and O–H groups in total. The zero-order valence-corrected chi connectivity index (χ0v) is 32.3. The predicted octanol–water partition coefficient (Wildman–Crippen LogP) is 6.54. The SMILES string of the molecule is Cc1ccc(S(=O)(=O)N[C@H](Cc2ccccc2)C(=O)NCc2ccc(C3O[C@H](CSc4ncn[nH]4)[C@@H](c4ccccc4)[C@H](c4ccc(CO)cc4)O3)cc2)cc1. The Morgan fingerprint density at radius 1 is 0.804 bits per heavy atom. The lowest BCUT2D eigenvalue weighted by Crippen LogP contribution is -2.47. The van der Waals surface area contributed by atoms with Crippen LogP contribution in [0.4, 0.5) is 0 Å². The molecule has 0 saturated carbocycles. The van der Waals surface area contributed by atoms with E-state index in [1.165, 1.54) is 30.2 Å². The molecule has 56 heavy (non-hydrogen) atoms. The summed E-state index contributed by atoms with van der Waals surface area (Å²) in [6, 6.07) is 40.4. The second-order valence-corrected chi connectivity index (χ2v) is 16.4. The monoisotopic (exact) mass is 789 g/mol. The first-order chi connectivity index (χ1) is 27.3. The van der Waals surface area contributed by atoms with E-state index in [9.17, 15) is 18.3 Å². The van der Waals surface area contributed by atoms with E-state index in [-0.39, 0.29) is 42.6 Å². The highest BCUT2D eigenvalue weighted by molar-refractivity contribution is 7.99. The Hall–Kier alpha value is -5.15. The molecule has 1 aliphatic heterocycles. The molecule has 1 fully saturated rings. The Morgan fingerprint density at radius 2 is 1.46 bits per heavy atom. The van der Waals surface area contributed by atoms with Crippen molar-refractivity contribution in [3.63, 3.8) is 0 Å². The second-order valence-electron chi connectivity index (χ2n) is 13.6. The van der Waals surface area contributed by atoms with E-state index in [2.05, 4.69) is 37.4 Å². The molecular weight excluding hydrogens is 747 g/mol. The molecule has 1 amide bonds. The largest absolute Gasteiger partial charge is 0.392 e. The zero-order chi connectivity index (χ0) is 38.9. The molecule has 1 saturated heterocycles. The molecule has 5 atom stereocenters.